The molecule has 4 N–H and O–H groups in total. The van der Waals surface area contributed by atoms with E-state index >= 15 is 0 Å². The Hall–Kier alpha value is -4.09. The number of halogens is 1. The van der Waals surface area contributed by atoms with Gasteiger partial charge in [0, 0.05) is 41.8 Å². The number of carbonyl (C=O) groups is 2. The number of urea groups is 1. The van der Waals surface area contributed by atoms with Crippen LogP contribution in [0.2, 0.25) is 5.02 Å². The van der Waals surface area contributed by atoms with Gasteiger partial charge in [0.25, 0.3) is 0 Å². The lowest BCUT2D eigenvalue weighted by Gasteiger charge is -2.45. The van der Waals surface area contributed by atoms with Gasteiger partial charge in [-0.2, -0.15) is 0 Å². The van der Waals surface area contributed by atoms with Crippen LogP contribution < -0.4 is 10.6 Å². The van der Waals surface area contributed by atoms with Crippen molar-refractivity contribution < 1.29 is 29.3 Å². The Morgan fingerprint density at radius 3 is 2.27 bits per heavy atom. The van der Waals surface area contributed by atoms with Crippen molar-refractivity contribution in [1.82, 2.24) is 10.2 Å². The average Bonchev–Trinajstić information content (AvgIpc) is 3.14. The van der Waals surface area contributed by atoms with E-state index in [0.717, 1.165) is 27.8 Å². The van der Waals surface area contributed by atoms with Crippen LogP contribution in [0, 0.1) is 5.92 Å². The standard InChI is InChI=1S/C41H46ClN3O6/c1-27-37(25-45-21-19-41(49,20-22-45)33-15-17-34(42)18-16-33)50-39(51-38(27)31-13-11-30(26-46)12-14-31)32-9-6-10-35(24-32)43-40(48)44-36(28(2)47)23-29-7-4-3-5-8-29/h3-18,24,27,36-39,46,49H,19-23,25-26H2,1-2H3,(H2,43,44,48). The number of likely N-dealkylation sites (tertiary alicyclic amines) is 1. The number of hydrogen-bond donors (Lipinski definition) is 4. The highest BCUT2D eigenvalue weighted by Crippen LogP contribution is 2.43. The second-order valence-corrected chi connectivity index (χ2v) is 14.2. The maximum atomic E-state index is 13.1. The van der Waals surface area contributed by atoms with E-state index in [-0.39, 0.29) is 30.5 Å². The Morgan fingerprint density at radius 2 is 1.61 bits per heavy atom. The first-order valence-electron chi connectivity index (χ1n) is 17.5. The van der Waals surface area contributed by atoms with E-state index in [1.54, 1.807) is 6.07 Å². The molecular weight excluding hydrogens is 666 g/mol. The molecule has 2 aliphatic rings. The summed E-state index contributed by atoms with van der Waals surface area (Å²) in [6, 6.07) is 31.0. The highest BCUT2D eigenvalue weighted by atomic mass is 35.5. The molecule has 5 atom stereocenters. The maximum absolute atomic E-state index is 13.1. The number of Topliss-reactive ketones (excluding diaryl/α,β-unsaturated/α-hetero) is 1. The highest BCUT2D eigenvalue weighted by molar-refractivity contribution is 6.30. The largest absolute Gasteiger partial charge is 0.392 e. The fourth-order valence-electron chi connectivity index (χ4n) is 6.97. The van der Waals surface area contributed by atoms with E-state index in [1.807, 2.05) is 97.1 Å². The first-order chi connectivity index (χ1) is 24.6. The lowest BCUT2D eigenvalue weighted by molar-refractivity contribution is -0.277. The molecule has 268 valence electrons. The number of rotatable bonds is 11. The molecule has 0 radical (unpaired) electrons. The van der Waals surface area contributed by atoms with Gasteiger partial charge >= 0.3 is 6.03 Å². The second-order valence-electron chi connectivity index (χ2n) is 13.7. The van der Waals surface area contributed by atoms with Crippen molar-refractivity contribution in [3.8, 4) is 0 Å². The van der Waals surface area contributed by atoms with Gasteiger partial charge < -0.3 is 35.2 Å². The summed E-state index contributed by atoms with van der Waals surface area (Å²) in [7, 11) is 0. The Labute approximate surface area is 304 Å². The number of amides is 2. The van der Waals surface area contributed by atoms with Crippen LogP contribution in [0.25, 0.3) is 0 Å². The van der Waals surface area contributed by atoms with Gasteiger partial charge in [-0.1, -0.05) is 97.4 Å². The molecule has 9 nitrogen and oxygen atoms in total. The summed E-state index contributed by atoms with van der Waals surface area (Å²) >= 11 is 6.09. The number of anilines is 1. The number of nitrogens with zero attached hydrogens (tertiary/aromatic N) is 1. The minimum Gasteiger partial charge on any atom is -0.392 e. The van der Waals surface area contributed by atoms with Crippen LogP contribution in [0.5, 0.6) is 0 Å². The number of benzene rings is 4. The lowest BCUT2D eigenvalue weighted by Crippen LogP contribution is -2.49. The molecule has 0 bridgehead atoms. The number of piperidine rings is 1. The van der Waals surface area contributed by atoms with Crippen molar-refractivity contribution in [2.75, 3.05) is 25.0 Å². The molecule has 0 saturated carbocycles. The summed E-state index contributed by atoms with van der Waals surface area (Å²) in [6.45, 7) is 5.61. The maximum Gasteiger partial charge on any atom is 0.319 e. The number of ketones is 1. The Bertz CT molecular complexity index is 1760. The lowest BCUT2D eigenvalue weighted by atomic mass is 9.84. The predicted octanol–water partition coefficient (Wildman–Crippen LogP) is 6.93. The fraction of sp³-hybridized carbons (Fsp3) is 0.366. The van der Waals surface area contributed by atoms with Gasteiger partial charge in [-0.25, -0.2) is 4.79 Å². The zero-order valence-corrected chi connectivity index (χ0v) is 29.8. The van der Waals surface area contributed by atoms with Gasteiger partial charge in [-0.05, 0) is 72.7 Å². The Balaban J connectivity index is 1.16. The quantitative estimate of drug-likeness (QED) is 0.133. The molecule has 4 aromatic rings. The molecule has 6 rings (SSSR count). The SMILES string of the molecule is CC(=O)C(Cc1ccccc1)NC(=O)Nc1cccc(C2OC(CN3CCC(O)(c4ccc(Cl)cc4)CC3)C(C)C(c3ccc(CO)cc3)O2)c1. The molecule has 0 aliphatic carbocycles. The van der Waals surface area contributed by atoms with Gasteiger partial charge in [0.05, 0.1) is 30.5 Å². The normalized spacial score (nSPS) is 22.5. The van der Waals surface area contributed by atoms with Crippen molar-refractivity contribution in [3.63, 3.8) is 0 Å². The predicted molar refractivity (Wildman–Crippen MR) is 197 cm³/mol. The number of aliphatic hydroxyl groups is 2. The van der Waals surface area contributed by atoms with Crippen LogP contribution in [0.4, 0.5) is 10.5 Å². The Kier molecular flexibility index (Phi) is 11.9. The van der Waals surface area contributed by atoms with Crippen molar-refractivity contribution in [2.45, 2.75) is 69.9 Å². The summed E-state index contributed by atoms with van der Waals surface area (Å²) in [6.07, 6.45) is 0.345. The van der Waals surface area contributed by atoms with Gasteiger partial charge in [0.15, 0.2) is 12.1 Å². The average molecular weight is 712 g/mol. The molecule has 2 amide bonds. The molecule has 5 unspecified atom stereocenters. The van der Waals surface area contributed by atoms with E-state index in [1.165, 1.54) is 6.92 Å². The summed E-state index contributed by atoms with van der Waals surface area (Å²) < 4.78 is 13.4. The van der Waals surface area contributed by atoms with Crippen molar-refractivity contribution in [3.05, 3.63) is 136 Å². The molecule has 4 aromatic carbocycles. The van der Waals surface area contributed by atoms with Crippen molar-refractivity contribution in [2.24, 2.45) is 5.92 Å². The van der Waals surface area contributed by atoms with E-state index in [0.29, 0.717) is 49.6 Å². The van der Waals surface area contributed by atoms with E-state index in [9.17, 15) is 19.8 Å². The third-order valence-electron chi connectivity index (χ3n) is 10.1. The fourth-order valence-corrected chi connectivity index (χ4v) is 7.10. The number of ether oxygens (including phenoxy) is 2. The molecule has 2 saturated heterocycles. The van der Waals surface area contributed by atoms with Gasteiger partial charge in [-0.15, -0.1) is 0 Å². The summed E-state index contributed by atoms with van der Waals surface area (Å²) in [5, 5.41) is 27.4. The topological polar surface area (TPSA) is 120 Å². The smallest absolute Gasteiger partial charge is 0.319 e. The zero-order chi connectivity index (χ0) is 36.0. The van der Waals surface area contributed by atoms with Crippen LogP contribution in [-0.4, -0.2) is 58.7 Å². The number of nitrogens with one attached hydrogen (secondary N) is 2. The second kappa shape index (κ2) is 16.5. The minimum atomic E-state index is -0.908. The van der Waals surface area contributed by atoms with E-state index < -0.39 is 24.0 Å². The van der Waals surface area contributed by atoms with E-state index in [2.05, 4.69) is 22.5 Å². The third kappa shape index (κ3) is 9.23. The zero-order valence-electron chi connectivity index (χ0n) is 29.0. The molecule has 0 aromatic heterocycles. The molecule has 2 fully saturated rings. The van der Waals surface area contributed by atoms with Crippen molar-refractivity contribution >= 4 is 29.1 Å². The summed E-state index contributed by atoms with van der Waals surface area (Å²) in [5.41, 5.74) is 4.01. The summed E-state index contributed by atoms with van der Waals surface area (Å²) in [5.74, 6) is -0.146. The number of aliphatic hydroxyl groups excluding tert-OH is 1. The summed E-state index contributed by atoms with van der Waals surface area (Å²) in [4.78, 5) is 27.8. The van der Waals surface area contributed by atoms with Crippen LogP contribution >= 0.6 is 11.6 Å². The number of hydrogen-bond acceptors (Lipinski definition) is 7. The monoisotopic (exact) mass is 711 g/mol. The first-order valence-corrected chi connectivity index (χ1v) is 17.9. The van der Waals surface area contributed by atoms with Gasteiger partial charge in [0.1, 0.15) is 0 Å². The third-order valence-corrected chi connectivity index (χ3v) is 10.4. The van der Waals surface area contributed by atoms with Gasteiger partial charge in [0.2, 0.25) is 0 Å². The van der Waals surface area contributed by atoms with Gasteiger partial charge in [-0.3, -0.25) is 4.79 Å². The first kappa shape index (κ1) is 36.7. The molecular formula is C41H46ClN3O6. The molecule has 2 heterocycles. The highest BCUT2D eigenvalue weighted by Gasteiger charge is 2.41. The van der Waals surface area contributed by atoms with Crippen LogP contribution in [0.1, 0.15) is 66.9 Å². The molecule has 2 aliphatic heterocycles. The van der Waals surface area contributed by atoms with Crippen LogP contribution in [0.3, 0.4) is 0 Å². The molecule has 0 spiro atoms. The van der Waals surface area contributed by atoms with Crippen molar-refractivity contribution in [1.29, 1.82) is 0 Å². The molecule has 51 heavy (non-hydrogen) atoms. The minimum absolute atomic E-state index is 0.0153. The van der Waals surface area contributed by atoms with E-state index in [4.69, 9.17) is 21.1 Å². The number of carbonyl (C=O) groups excluding carboxylic acids is 2. The van der Waals surface area contributed by atoms with Crippen LogP contribution in [-0.2, 0) is 32.9 Å². The Morgan fingerprint density at radius 1 is 0.902 bits per heavy atom. The van der Waals surface area contributed by atoms with Crippen LogP contribution in [0.15, 0.2) is 103 Å². The molecule has 10 heteroatoms.